The molecule has 1 amide bonds. The standard InChI is InChI=1S/C13H18N2O4/c1-9-10(6-5-7-11(9)15(18)19)12(17)14(4)13(2,3)8-16/h5-7,16H,8H2,1-4H3. The molecule has 0 spiro atoms. The van der Waals surface area contributed by atoms with Crippen LogP contribution in [0.3, 0.4) is 0 Å². The van der Waals surface area contributed by atoms with Crippen LogP contribution in [0.25, 0.3) is 0 Å². The van der Waals surface area contributed by atoms with E-state index in [1.165, 1.54) is 17.0 Å². The summed E-state index contributed by atoms with van der Waals surface area (Å²) in [5.41, 5.74) is -0.203. The summed E-state index contributed by atoms with van der Waals surface area (Å²) < 4.78 is 0. The molecule has 0 saturated carbocycles. The molecule has 0 aliphatic heterocycles. The van der Waals surface area contributed by atoms with Crippen molar-refractivity contribution in [2.75, 3.05) is 13.7 Å². The first-order chi connectivity index (χ1) is 8.72. The molecule has 6 nitrogen and oxygen atoms in total. The van der Waals surface area contributed by atoms with E-state index in [4.69, 9.17) is 0 Å². The highest BCUT2D eigenvalue weighted by molar-refractivity contribution is 5.96. The van der Waals surface area contributed by atoms with Gasteiger partial charge in [-0.2, -0.15) is 0 Å². The van der Waals surface area contributed by atoms with Crippen LogP contribution < -0.4 is 0 Å². The van der Waals surface area contributed by atoms with Crippen LogP contribution in [0.4, 0.5) is 5.69 Å². The Labute approximate surface area is 111 Å². The fourth-order valence-corrected chi connectivity index (χ4v) is 1.61. The summed E-state index contributed by atoms with van der Waals surface area (Å²) in [6.07, 6.45) is 0. The fraction of sp³-hybridized carbons (Fsp3) is 0.462. The Morgan fingerprint density at radius 3 is 2.53 bits per heavy atom. The van der Waals surface area contributed by atoms with Gasteiger partial charge in [0.05, 0.1) is 17.1 Å². The van der Waals surface area contributed by atoms with Gasteiger partial charge >= 0.3 is 0 Å². The first-order valence-electron chi connectivity index (χ1n) is 5.85. The molecule has 1 aromatic carbocycles. The number of aliphatic hydroxyl groups is 1. The largest absolute Gasteiger partial charge is 0.394 e. The van der Waals surface area contributed by atoms with Gasteiger partial charge in [-0.25, -0.2) is 0 Å². The van der Waals surface area contributed by atoms with E-state index in [-0.39, 0.29) is 23.8 Å². The third kappa shape index (κ3) is 2.90. The van der Waals surface area contributed by atoms with Crippen molar-refractivity contribution < 1.29 is 14.8 Å². The Kier molecular flexibility index (Phi) is 4.26. The van der Waals surface area contributed by atoms with Crippen molar-refractivity contribution in [3.63, 3.8) is 0 Å². The maximum atomic E-state index is 12.3. The summed E-state index contributed by atoms with van der Waals surface area (Å²) in [5.74, 6) is -0.347. The molecule has 0 atom stereocenters. The Morgan fingerprint density at radius 2 is 2.05 bits per heavy atom. The van der Waals surface area contributed by atoms with Crippen LogP contribution in [0, 0.1) is 17.0 Å². The van der Waals surface area contributed by atoms with Crippen LogP contribution in [0.5, 0.6) is 0 Å². The summed E-state index contributed by atoms with van der Waals surface area (Å²) in [6, 6.07) is 4.40. The molecule has 0 aliphatic rings. The lowest BCUT2D eigenvalue weighted by Gasteiger charge is -2.34. The molecular formula is C13H18N2O4. The topological polar surface area (TPSA) is 83.7 Å². The van der Waals surface area contributed by atoms with E-state index in [0.717, 1.165) is 0 Å². The number of hydrogen-bond acceptors (Lipinski definition) is 4. The normalized spacial score (nSPS) is 11.2. The highest BCUT2D eigenvalue weighted by Gasteiger charge is 2.29. The number of benzene rings is 1. The third-order valence-corrected chi connectivity index (χ3v) is 3.33. The SMILES string of the molecule is Cc1c(C(=O)N(C)C(C)(C)CO)cccc1[N+](=O)[O-]. The zero-order chi connectivity index (χ0) is 14.8. The Hall–Kier alpha value is -1.95. The van der Waals surface area contributed by atoms with Gasteiger partial charge in [-0.3, -0.25) is 14.9 Å². The maximum absolute atomic E-state index is 12.3. The maximum Gasteiger partial charge on any atom is 0.273 e. The van der Waals surface area contributed by atoms with Crippen molar-refractivity contribution in [3.05, 3.63) is 39.4 Å². The first kappa shape index (κ1) is 15.1. The van der Waals surface area contributed by atoms with E-state index >= 15 is 0 Å². The number of hydrogen-bond donors (Lipinski definition) is 1. The van der Waals surface area contributed by atoms with E-state index in [0.29, 0.717) is 5.56 Å². The van der Waals surface area contributed by atoms with Gasteiger partial charge in [0, 0.05) is 24.2 Å². The zero-order valence-electron chi connectivity index (χ0n) is 11.5. The van der Waals surface area contributed by atoms with Crippen molar-refractivity contribution in [2.24, 2.45) is 0 Å². The Balaban J connectivity index is 3.21. The Bertz CT molecular complexity index is 511. The van der Waals surface area contributed by atoms with Crippen molar-refractivity contribution in [2.45, 2.75) is 26.3 Å². The molecule has 6 heteroatoms. The molecule has 0 saturated heterocycles. The second-order valence-electron chi connectivity index (χ2n) is 5.04. The quantitative estimate of drug-likeness (QED) is 0.664. The van der Waals surface area contributed by atoms with E-state index in [2.05, 4.69) is 0 Å². The van der Waals surface area contributed by atoms with Gasteiger partial charge in [-0.1, -0.05) is 6.07 Å². The molecule has 19 heavy (non-hydrogen) atoms. The number of carbonyl (C=O) groups excluding carboxylic acids is 1. The lowest BCUT2D eigenvalue weighted by atomic mass is 10.0. The number of aliphatic hydroxyl groups excluding tert-OH is 1. The Morgan fingerprint density at radius 1 is 1.47 bits per heavy atom. The molecule has 1 rings (SSSR count). The van der Waals surface area contributed by atoms with Crippen molar-refractivity contribution in [1.82, 2.24) is 4.90 Å². The molecule has 0 heterocycles. The van der Waals surface area contributed by atoms with Gasteiger partial charge in [0.1, 0.15) is 0 Å². The summed E-state index contributed by atoms with van der Waals surface area (Å²) in [6.45, 7) is 4.80. The second-order valence-corrected chi connectivity index (χ2v) is 5.04. The number of nitro benzene ring substituents is 1. The number of nitro groups is 1. The number of carbonyl (C=O) groups is 1. The van der Waals surface area contributed by atoms with Crippen LogP contribution in [0.1, 0.15) is 29.8 Å². The first-order valence-corrected chi connectivity index (χ1v) is 5.85. The molecular weight excluding hydrogens is 248 g/mol. The van der Waals surface area contributed by atoms with Gasteiger partial charge < -0.3 is 10.0 Å². The molecule has 104 valence electrons. The number of likely N-dealkylation sites (N-methyl/N-ethyl adjacent to an activating group) is 1. The summed E-state index contributed by atoms with van der Waals surface area (Å²) in [5, 5.41) is 20.1. The molecule has 0 aliphatic carbocycles. The average Bonchev–Trinajstić information content (AvgIpc) is 2.36. The van der Waals surface area contributed by atoms with Gasteiger partial charge in [-0.15, -0.1) is 0 Å². The van der Waals surface area contributed by atoms with Crippen LogP contribution in [-0.2, 0) is 0 Å². The zero-order valence-corrected chi connectivity index (χ0v) is 11.5. The van der Waals surface area contributed by atoms with E-state index < -0.39 is 10.5 Å². The molecule has 0 unspecified atom stereocenters. The van der Waals surface area contributed by atoms with Crippen molar-refractivity contribution in [3.8, 4) is 0 Å². The highest BCUT2D eigenvalue weighted by atomic mass is 16.6. The number of amides is 1. The second kappa shape index (κ2) is 5.36. The smallest absolute Gasteiger partial charge is 0.273 e. The van der Waals surface area contributed by atoms with Gasteiger partial charge in [0.25, 0.3) is 11.6 Å². The predicted octanol–water partition coefficient (Wildman–Crippen LogP) is 1.75. The average molecular weight is 266 g/mol. The minimum atomic E-state index is -0.728. The minimum absolute atomic E-state index is 0.0824. The van der Waals surface area contributed by atoms with Gasteiger partial charge in [0.2, 0.25) is 0 Å². The highest BCUT2D eigenvalue weighted by Crippen LogP contribution is 2.24. The lowest BCUT2D eigenvalue weighted by Crippen LogP contribution is -2.47. The van der Waals surface area contributed by atoms with Crippen LogP contribution in [-0.4, -0.2) is 40.0 Å². The van der Waals surface area contributed by atoms with E-state index in [1.54, 1.807) is 33.9 Å². The monoisotopic (exact) mass is 266 g/mol. The van der Waals surface area contributed by atoms with Gasteiger partial charge in [-0.05, 0) is 26.8 Å². The van der Waals surface area contributed by atoms with Gasteiger partial charge in [0.15, 0.2) is 0 Å². The molecule has 0 aromatic heterocycles. The van der Waals surface area contributed by atoms with Crippen LogP contribution >= 0.6 is 0 Å². The van der Waals surface area contributed by atoms with Crippen molar-refractivity contribution >= 4 is 11.6 Å². The minimum Gasteiger partial charge on any atom is -0.394 e. The van der Waals surface area contributed by atoms with Crippen LogP contribution in [0.15, 0.2) is 18.2 Å². The fourth-order valence-electron chi connectivity index (χ4n) is 1.61. The third-order valence-electron chi connectivity index (χ3n) is 3.33. The summed E-state index contributed by atoms with van der Waals surface area (Å²) >= 11 is 0. The molecule has 0 bridgehead atoms. The molecule has 0 radical (unpaired) electrons. The number of rotatable bonds is 4. The van der Waals surface area contributed by atoms with Crippen LogP contribution in [0.2, 0.25) is 0 Å². The van der Waals surface area contributed by atoms with E-state index in [1.807, 2.05) is 0 Å². The van der Waals surface area contributed by atoms with E-state index in [9.17, 15) is 20.0 Å². The van der Waals surface area contributed by atoms with Crippen molar-refractivity contribution in [1.29, 1.82) is 0 Å². The lowest BCUT2D eigenvalue weighted by molar-refractivity contribution is -0.385. The molecule has 1 N–H and O–H groups in total. The molecule has 0 fully saturated rings. The summed E-state index contributed by atoms with van der Waals surface area (Å²) in [4.78, 5) is 24.1. The number of nitrogens with zero attached hydrogens (tertiary/aromatic N) is 2. The summed E-state index contributed by atoms with van der Waals surface area (Å²) in [7, 11) is 1.57. The molecule has 1 aromatic rings. The predicted molar refractivity (Wildman–Crippen MR) is 71.1 cm³/mol.